The molecule has 1 saturated carbocycles. The third-order valence-corrected chi connectivity index (χ3v) is 7.43. The van der Waals surface area contributed by atoms with Crippen molar-refractivity contribution in [3.63, 3.8) is 0 Å². The fourth-order valence-electron chi connectivity index (χ4n) is 5.25. The Balaban J connectivity index is 1.85. The van der Waals surface area contributed by atoms with Crippen molar-refractivity contribution in [2.24, 2.45) is 16.6 Å². The molecule has 1 aliphatic heterocycles. The van der Waals surface area contributed by atoms with Gasteiger partial charge in [0.15, 0.2) is 0 Å². The summed E-state index contributed by atoms with van der Waals surface area (Å²) >= 11 is 0. The minimum absolute atomic E-state index is 0.00497. The van der Waals surface area contributed by atoms with Gasteiger partial charge in [-0.15, -0.1) is 0 Å². The predicted molar refractivity (Wildman–Crippen MR) is 143 cm³/mol. The summed E-state index contributed by atoms with van der Waals surface area (Å²) in [5.41, 5.74) is 9.29. The van der Waals surface area contributed by atoms with E-state index >= 15 is 0 Å². The molecule has 35 heavy (non-hydrogen) atoms. The van der Waals surface area contributed by atoms with Gasteiger partial charge >= 0.3 is 0 Å². The monoisotopic (exact) mass is 479 g/mol. The van der Waals surface area contributed by atoms with Gasteiger partial charge in [-0.25, -0.2) is 4.99 Å². The van der Waals surface area contributed by atoms with Crippen LogP contribution < -0.4 is 16.4 Å². The molecule has 3 rings (SSSR count). The summed E-state index contributed by atoms with van der Waals surface area (Å²) in [6.45, 7) is 8.85. The van der Waals surface area contributed by atoms with Gasteiger partial charge in [-0.2, -0.15) is 0 Å². The van der Waals surface area contributed by atoms with Crippen LogP contribution in [-0.4, -0.2) is 54.8 Å². The molecule has 3 atom stereocenters. The third-order valence-electron chi connectivity index (χ3n) is 7.43. The Kier molecular flexibility index (Phi) is 9.66. The van der Waals surface area contributed by atoms with Crippen LogP contribution >= 0.6 is 0 Å². The van der Waals surface area contributed by atoms with Crippen LogP contribution in [0.5, 0.6) is 0 Å². The van der Waals surface area contributed by atoms with Crippen molar-refractivity contribution in [1.82, 2.24) is 15.5 Å². The summed E-state index contributed by atoms with van der Waals surface area (Å²) in [4.78, 5) is 33.0. The zero-order chi connectivity index (χ0) is 25.4. The molecule has 7 nitrogen and oxygen atoms in total. The fraction of sp³-hybridized carbons (Fsp3) is 0.536. The molecule has 1 aromatic carbocycles. The first kappa shape index (κ1) is 26.7. The average Bonchev–Trinajstić information content (AvgIpc) is 3.37. The van der Waals surface area contributed by atoms with Crippen molar-refractivity contribution < 1.29 is 9.59 Å². The Labute approximate surface area is 209 Å². The number of amides is 2. The van der Waals surface area contributed by atoms with E-state index in [2.05, 4.69) is 22.2 Å². The minimum Gasteiger partial charge on any atom is -0.390 e. The second-order valence-electron chi connectivity index (χ2n) is 9.78. The van der Waals surface area contributed by atoms with Crippen molar-refractivity contribution in [1.29, 1.82) is 0 Å². The zero-order valence-corrected chi connectivity index (χ0v) is 21.4. The molecular formula is C28H41N5O2. The highest BCUT2D eigenvalue weighted by Crippen LogP contribution is 2.32. The van der Waals surface area contributed by atoms with E-state index in [1.165, 1.54) is 12.8 Å². The van der Waals surface area contributed by atoms with Gasteiger partial charge in [0.2, 0.25) is 11.8 Å². The number of likely N-dealkylation sites (N-methyl/N-ethyl adjacent to an activating group) is 1. The minimum atomic E-state index is -0.506. The molecule has 1 aromatic rings. The largest absolute Gasteiger partial charge is 0.390 e. The fourth-order valence-corrected chi connectivity index (χ4v) is 5.25. The summed E-state index contributed by atoms with van der Waals surface area (Å²) < 4.78 is 0. The highest BCUT2D eigenvalue weighted by Gasteiger charge is 2.39. The lowest BCUT2D eigenvalue weighted by Gasteiger charge is -2.35. The molecule has 0 spiro atoms. The maximum Gasteiger partial charge on any atom is 0.245 e. The molecule has 3 unspecified atom stereocenters. The van der Waals surface area contributed by atoms with Crippen LogP contribution in [0.3, 0.4) is 0 Å². The number of benzene rings is 1. The first-order chi connectivity index (χ1) is 16.9. The molecule has 190 valence electrons. The van der Waals surface area contributed by atoms with Gasteiger partial charge in [0.05, 0.1) is 24.1 Å². The van der Waals surface area contributed by atoms with Gasteiger partial charge in [-0.05, 0) is 69.7 Å². The highest BCUT2D eigenvalue weighted by molar-refractivity contribution is 5.90. The van der Waals surface area contributed by atoms with Gasteiger partial charge in [0.25, 0.3) is 0 Å². The van der Waals surface area contributed by atoms with E-state index in [0.717, 1.165) is 60.9 Å². The molecule has 1 saturated heterocycles. The Morgan fingerprint density at radius 2 is 1.89 bits per heavy atom. The zero-order valence-electron chi connectivity index (χ0n) is 21.4. The Morgan fingerprint density at radius 3 is 2.54 bits per heavy atom. The van der Waals surface area contributed by atoms with Gasteiger partial charge < -0.3 is 21.3 Å². The molecule has 0 aromatic heterocycles. The van der Waals surface area contributed by atoms with Crippen LogP contribution in [0.25, 0.3) is 5.70 Å². The smallest absolute Gasteiger partial charge is 0.245 e. The average molecular weight is 480 g/mol. The third kappa shape index (κ3) is 6.60. The number of rotatable bonds is 9. The summed E-state index contributed by atoms with van der Waals surface area (Å²) in [6, 6.07) is 7.02. The Morgan fingerprint density at radius 1 is 1.17 bits per heavy atom. The van der Waals surface area contributed by atoms with E-state index in [1.54, 1.807) is 7.05 Å². The second kappa shape index (κ2) is 12.7. The first-order valence-corrected chi connectivity index (χ1v) is 12.9. The van der Waals surface area contributed by atoms with Crippen LogP contribution in [0, 0.1) is 12.8 Å². The molecular weight excluding hydrogens is 438 g/mol. The van der Waals surface area contributed by atoms with Crippen molar-refractivity contribution in [2.75, 3.05) is 13.6 Å². The molecule has 0 bridgehead atoms. The number of aryl methyl sites for hydroxylation is 1. The molecule has 2 fully saturated rings. The van der Waals surface area contributed by atoms with Crippen molar-refractivity contribution in [3.05, 3.63) is 53.6 Å². The maximum absolute atomic E-state index is 13.9. The molecule has 2 aliphatic rings. The van der Waals surface area contributed by atoms with E-state index in [1.807, 2.05) is 49.1 Å². The molecule has 4 N–H and O–H groups in total. The topological polar surface area (TPSA) is 99.8 Å². The van der Waals surface area contributed by atoms with Crippen molar-refractivity contribution in [2.45, 2.75) is 76.9 Å². The van der Waals surface area contributed by atoms with Crippen molar-refractivity contribution >= 4 is 23.8 Å². The normalized spacial score (nSPS) is 21.2. The number of nitrogens with one attached hydrogen (secondary N) is 2. The standard InChI is InChI=1S/C28H41N5O2/c1-19-11-8-9-14-23(19)24(31-18-29)17-20(2)25-15-10-16-33(25)28(35)26(22-12-6-5-7-13-22)32-27(34)21(3)30-4/h8-9,11,14,17-18,21-22,25-26,30H,2,5-7,10,12-13,15-16H2,1,3-4H3,(H2,29,31)(H,32,34)/b24-17-. The van der Waals surface area contributed by atoms with Gasteiger partial charge in [0, 0.05) is 12.1 Å². The highest BCUT2D eigenvalue weighted by atomic mass is 16.2. The second-order valence-corrected chi connectivity index (χ2v) is 9.78. The lowest BCUT2D eigenvalue weighted by Crippen LogP contribution is -2.56. The number of carbonyl (C=O) groups excluding carboxylic acids is 2. The molecule has 0 radical (unpaired) electrons. The quantitative estimate of drug-likeness (QED) is 0.287. The van der Waals surface area contributed by atoms with Crippen LogP contribution in [0.15, 0.2) is 47.5 Å². The molecule has 2 amide bonds. The van der Waals surface area contributed by atoms with E-state index in [4.69, 9.17) is 5.73 Å². The lowest BCUT2D eigenvalue weighted by molar-refractivity contribution is -0.139. The summed E-state index contributed by atoms with van der Waals surface area (Å²) in [6.07, 6.45) is 10.3. The van der Waals surface area contributed by atoms with Crippen molar-refractivity contribution in [3.8, 4) is 0 Å². The number of hydrogen-bond acceptors (Lipinski definition) is 4. The van der Waals surface area contributed by atoms with Gasteiger partial charge in [-0.1, -0.05) is 50.1 Å². The lowest BCUT2D eigenvalue weighted by atomic mass is 9.83. The summed E-state index contributed by atoms with van der Waals surface area (Å²) in [7, 11) is 1.75. The molecule has 1 heterocycles. The van der Waals surface area contributed by atoms with Crippen LogP contribution in [0.4, 0.5) is 0 Å². The molecule has 7 heteroatoms. The van der Waals surface area contributed by atoms with Gasteiger partial charge in [-0.3, -0.25) is 9.59 Å². The number of hydrogen-bond donors (Lipinski definition) is 3. The number of carbonyl (C=O) groups is 2. The summed E-state index contributed by atoms with van der Waals surface area (Å²) in [5, 5.41) is 6.07. The Hall–Kier alpha value is -2.93. The van der Waals surface area contributed by atoms with E-state index < -0.39 is 6.04 Å². The number of likely N-dealkylation sites (tertiary alicyclic amines) is 1. The summed E-state index contributed by atoms with van der Waals surface area (Å²) in [5.74, 6) is 0.0362. The maximum atomic E-state index is 13.9. The Bertz CT molecular complexity index is 964. The van der Waals surface area contributed by atoms with Crippen LogP contribution in [0.2, 0.25) is 0 Å². The van der Waals surface area contributed by atoms with E-state index in [-0.39, 0.29) is 29.8 Å². The van der Waals surface area contributed by atoms with Crippen LogP contribution in [-0.2, 0) is 9.59 Å². The van der Waals surface area contributed by atoms with E-state index in [9.17, 15) is 9.59 Å². The van der Waals surface area contributed by atoms with Crippen LogP contribution in [0.1, 0.15) is 63.0 Å². The first-order valence-electron chi connectivity index (χ1n) is 12.9. The predicted octanol–water partition coefficient (Wildman–Crippen LogP) is 3.54. The van der Waals surface area contributed by atoms with Gasteiger partial charge in [0.1, 0.15) is 6.04 Å². The molecule has 1 aliphatic carbocycles. The number of nitrogens with zero attached hydrogens (tertiary/aromatic N) is 2. The SMILES string of the molecule is C=C(/C=C(\N=CN)c1ccccc1C)C1CCCN1C(=O)C(NC(=O)C(C)NC)C1CCCCC1. The van der Waals surface area contributed by atoms with E-state index in [0.29, 0.717) is 6.54 Å². The number of nitrogens with two attached hydrogens (primary N) is 1. The number of aliphatic imine (C=N–C) groups is 1.